The Morgan fingerprint density at radius 1 is 1.18 bits per heavy atom. The van der Waals surface area contributed by atoms with Crippen molar-refractivity contribution >= 4 is 9.84 Å². The summed E-state index contributed by atoms with van der Waals surface area (Å²) in [6, 6.07) is 7.46. The van der Waals surface area contributed by atoms with E-state index in [1.54, 1.807) is 12.1 Å². The Hall–Kier alpha value is -0.870. The molecular weight excluding hydrogens is 234 g/mol. The van der Waals surface area contributed by atoms with Gasteiger partial charge in [0, 0.05) is 12.6 Å². The smallest absolute Gasteiger partial charge is 0.179 e. The maximum Gasteiger partial charge on any atom is 0.179 e. The molecule has 0 fully saturated rings. The minimum Gasteiger partial charge on any atom is -0.314 e. The Kier molecular flexibility index (Phi) is 5.15. The Morgan fingerprint density at radius 2 is 1.76 bits per heavy atom. The van der Waals surface area contributed by atoms with Crippen molar-refractivity contribution in [3.63, 3.8) is 0 Å². The Labute approximate surface area is 104 Å². The second-order valence-corrected chi connectivity index (χ2v) is 6.53. The molecule has 0 unspecified atom stereocenters. The van der Waals surface area contributed by atoms with E-state index in [0.29, 0.717) is 17.5 Å². The van der Waals surface area contributed by atoms with Crippen LogP contribution in [-0.2, 0) is 16.3 Å². The molecule has 0 atom stereocenters. The van der Waals surface area contributed by atoms with Crippen molar-refractivity contribution in [1.82, 2.24) is 5.32 Å². The molecule has 1 rings (SSSR count). The first-order valence-electron chi connectivity index (χ1n) is 6.01. The normalized spacial score (nSPS) is 12.0. The summed E-state index contributed by atoms with van der Waals surface area (Å²) in [5.41, 5.74) is 1.16. The van der Waals surface area contributed by atoms with E-state index in [4.69, 9.17) is 0 Å². The minimum atomic E-state index is -3.14. The molecule has 0 bridgehead atoms. The van der Waals surface area contributed by atoms with Crippen LogP contribution >= 0.6 is 0 Å². The first-order valence-corrected chi connectivity index (χ1v) is 7.66. The zero-order chi connectivity index (χ0) is 12.9. The topological polar surface area (TPSA) is 46.2 Å². The predicted molar refractivity (Wildman–Crippen MR) is 71.0 cm³/mol. The van der Waals surface area contributed by atoms with Crippen molar-refractivity contribution in [2.75, 3.05) is 12.3 Å². The molecule has 3 nitrogen and oxygen atoms in total. The number of benzene rings is 1. The monoisotopic (exact) mass is 255 g/mol. The molecule has 0 heterocycles. The van der Waals surface area contributed by atoms with Crippen molar-refractivity contribution in [2.24, 2.45) is 0 Å². The molecule has 0 aliphatic rings. The molecule has 0 aliphatic carbocycles. The van der Waals surface area contributed by atoms with Crippen molar-refractivity contribution in [3.8, 4) is 0 Å². The van der Waals surface area contributed by atoms with Gasteiger partial charge in [-0.1, -0.05) is 32.9 Å². The molecule has 0 amide bonds. The molecule has 17 heavy (non-hydrogen) atoms. The van der Waals surface area contributed by atoms with Crippen LogP contribution in [0.2, 0.25) is 0 Å². The minimum absolute atomic E-state index is 0.149. The van der Waals surface area contributed by atoms with E-state index in [-0.39, 0.29) is 5.75 Å². The van der Waals surface area contributed by atoms with Gasteiger partial charge < -0.3 is 5.32 Å². The van der Waals surface area contributed by atoms with Gasteiger partial charge in [-0.3, -0.25) is 0 Å². The van der Waals surface area contributed by atoms with E-state index in [0.717, 1.165) is 12.0 Å². The summed E-state index contributed by atoms with van der Waals surface area (Å²) >= 11 is 0. The number of hydrogen-bond donors (Lipinski definition) is 1. The summed E-state index contributed by atoms with van der Waals surface area (Å²) in [4.78, 5) is 0.417. The number of nitrogens with one attached hydrogen (secondary N) is 1. The van der Waals surface area contributed by atoms with Gasteiger partial charge in [-0.05, 0) is 24.1 Å². The summed E-state index contributed by atoms with van der Waals surface area (Å²) in [7, 11) is -3.14. The first kappa shape index (κ1) is 14.2. The number of hydrogen-bond acceptors (Lipinski definition) is 3. The summed E-state index contributed by atoms with van der Waals surface area (Å²) in [6.07, 6.45) is 0.926. The van der Waals surface area contributed by atoms with E-state index in [1.165, 1.54) is 0 Å². The van der Waals surface area contributed by atoms with E-state index >= 15 is 0 Å². The number of rotatable bonds is 6. The fourth-order valence-electron chi connectivity index (χ4n) is 1.53. The van der Waals surface area contributed by atoms with Crippen molar-refractivity contribution in [1.29, 1.82) is 0 Å². The van der Waals surface area contributed by atoms with Crippen LogP contribution in [0.4, 0.5) is 0 Å². The van der Waals surface area contributed by atoms with Gasteiger partial charge in [0.2, 0.25) is 0 Å². The highest BCUT2D eigenvalue weighted by Crippen LogP contribution is 2.12. The quantitative estimate of drug-likeness (QED) is 0.846. The van der Waals surface area contributed by atoms with Gasteiger partial charge in [-0.25, -0.2) is 8.42 Å². The number of sulfone groups is 1. The molecule has 0 radical (unpaired) electrons. The van der Waals surface area contributed by atoms with Gasteiger partial charge in [-0.2, -0.15) is 0 Å². The van der Waals surface area contributed by atoms with E-state index in [1.807, 2.05) is 26.0 Å². The van der Waals surface area contributed by atoms with Crippen LogP contribution in [0, 0.1) is 0 Å². The summed E-state index contributed by atoms with van der Waals surface area (Å²) in [6.45, 7) is 6.55. The Morgan fingerprint density at radius 3 is 2.24 bits per heavy atom. The third-order valence-electron chi connectivity index (χ3n) is 2.61. The van der Waals surface area contributed by atoms with E-state index in [9.17, 15) is 8.42 Å². The van der Waals surface area contributed by atoms with Gasteiger partial charge in [0.15, 0.2) is 9.84 Å². The predicted octanol–water partition coefficient (Wildman–Crippen LogP) is 2.02. The van der Waals surface area contributed by atoms with Crippen LogP contribution in [0.5, 0.6) is 0 Å². The summed E-state index contributed by atoms with van der Waals surface area (Å²) < 4.78 is 23.9. The molecule has 0 saturated heterocycles. The maximum absolute atomic E-state index is 12.0. The van der Waals surface area contributed by atoms with Crippen LogP contribution in [0.25, 0.3) is 0 Å². The fraction of sp³-hybridized carbons (Fsp3) is 0.538. The third kappa shape index (κ3) is 4.48. The van der Waals surface area contributed by atoms with Gasteiger partial charge in [0.1, 0.15) is 0 Å². The molecule has 0 spiro atoms. The lowest BCUT2D eigenvalue weighted by Gasteiger charge is -2.09. The Bertz CT molecular complexity index is 435. The fourth-order valence-corrected chi connectivity index (χ4v) is 2.71. The molecule has 0 aliphatic heterocycles. The Balaban J connectivity index is 2.68. The van der Waals surface area contributed by atoms with Gasteiger partial charge in [-0.15, -0.1) is 0 Å². The second-order valence-electron chi connectivity index (χ2n) is 4.43. The summed E-state index contributed by atoms with van der Waals surface area (Å²) in [5.74, 6) is 0.149. The van der Waals surface area contributed by atoms with Gasteiger partial charge >= 0.3 is 0 Å². The van der Waals surface area contributed by atoms with Crippen LogP contribution in [0.1, 0.15) is 26.3 Å². The van der Waals surface area contributed by atoms with Crippen LogP contribution < -0.4 is 5.32 Å². The van der Waals surface area contributed by atoms with E-state index < -0.39 is 9.84 Å². The average molecular weight is 255 g/mol. The number of aryl methyl sites for hydroxylation is 1. The zero-order valence-corrected chi connectivity index (χ0v) is 11.5. The van der Waals surface area contributed by atoms with Crippen LogP contribution in [0.3, 0.4) is 0 Å². The molecule has 1 N–H and O–H groups in total. The standard InChI is InChI=1S/C13H21NO2S/c1-4-12-5-7-13(8-6-12)17(15,16)10-9-14-11(2)3/h5-8,11,14H,4,9-10H2,1-3H3. The second kappa shape index (κ2) is 6.17. The third-order valence-corrected chi connectivity index (χ3v) is 4.35. The molecule has 1 aromatic carbocycles. The van der Waals surface area contributed by atoms with Crippen molar-refractivity contribution in [2.45, 2.75) is 38.1 Å². The molecule has 0 aromatic heterocycles. The molecular formula is C13H21NO2S. The lowest BCUT2D eigenvalue weighted by molar-refractivity contribution is 0.578. The average Bonchev–Trinajstić information content (AvgIpc) is 2.28. The largest absolute Gasteiger partial charge is 0.314 e. The highest BCUT2D eigenvalue weighted by atomic mass is 32.2. The zero-order valence-electron chi connectivity index (χ0n) is 10.7. The molecule has 0 saturated carbocycles. The lowest BCUT2D eigenvalue weighted by atomic mass is 10.2. The van der Waals surface area contributed by atoms with Gasteiger partial charge in [0.25, 0.3) is 0 Å². The van der Waals surface area contributed by atoms with Gasteiger partial charge in [0.05, 0.1) is 10.6 Å². The van der Waals surface area contributed by atoms with E-state index in [2.05, 4.69) is 12.2 Å². The highest BCUT2D eigenvalue weighted by molar-refractivity contribution is 7.91. The lowest BCUT2D eigenvalue weighted by Crippen LogP contribution is -2.28. The molecule has 1 aromatic rings. The highest BCUT2D eigenvalue weighted by Gasteiger charge is 2.13. The maximum atomic E-state index is 12.0. The molecule has 96 valence electrons. The van der Waals surface area contributed by atoms with Crippen LogP contribution in [-0.4, -0.2) is 26.8 Å². The SMILES string of the molecule is CCc1ccc(S(=O)(=O)CCNC(C)C)cc1. The van der Waals surface area contributed by atoms with Crippen molar-refractivity contribution < 1.29 is 8.42 Å². The summed E-state index contributed by atoms with van der Waals surface area (Å²) in [5, 5.41) is 3.11. The van der Waals surface area contributed by atoms with Crippen LogP contribution in [0.15, 0.2) is 29.2 Å². The first-order chi connectivity index (χ1) is 7.95. The molecule has 4 heteroatoms. The van der Waals surface area contributed by atoms with Crippen molar-refractivity contribution in [3.05, 3.63) is 29.8 Å².